The fourth-order valence-corrected chi connectivity index (χ4v) is 5.23. The van der Waals surface area contributed by atoms with E-state index in [1.165, 1.54) is 13.2 Å². The van der Waals surface area contributed by atoms with E-state index in [9.17, 15) is 23.2 Å². The third-order valence-electron chi connectivity index (χ3n) is 7.00. The zero-order valence-corrected chi connectivity index (χ0v) is 20.1. The van der Waals surface area contributed by atoms with Gasteiger partial charge in [-0.2, -0.15) is 18.4 Å². The van der Waals surface area contributed by atoms with E-state index in [2.05, 4.69) is 0 Å². The van der Waals surface area contributed by atoms with Gasteiger partial charge in [0.05, 0.1) is 37.3 Å². The van der Waals surface area contributed by atoms with Crippen molar-refractivity contribution >= 4 is 5.97 Å². The largest absolute Gasteiger partial charge is 0.492 e. The number of hydrogen-bond donors (Lipinski definition) is 0. The van der Waals surface area contributed by atoms with Crippen LogP contribution in [0.2, 0.25) is 0 Å². The van der Waals surface area contributed by atoms with Crippen molar-refractivity contribution in [1.29, 1.82) is 5.26 Å². The molecule has 0 bridgehead atoms. The van der Waals surface area contributed by atoms with Crippen LogP contribution in [0, 0.1) is 11.3 Å². The third kappa shape index (κ3) is 4.99. The molecule has 1 heterocycles. The van der Waals surface area contributed by atoms with Gasteiger partial charge in [0.25, 0.3) is 0 Å². The van der Waals surface area contributed by atoms with E-state index in [0.717, 1.165) is 17.2 Å². The summed E-state index contributed by atoms with van der Waals surface area (Å²) in [5.74, 6) is 0.790. The third-order valence-corrected chi connectivity index (χ3v) is 7.00. The zero-order valence-electron chi connectivity index (χ0n) is 20.1. The second-order valence-corrected chi connectivity index (χ2v) is 9.28. The van der Waals surface area contributed by atoms with Gasteiger partial charge in [-0.1, -0.05) is 24.3 Å². The molecule has 0 fully saturated rings. The summed E-state index contributed by atoms with van der Waals surface area (Å²) in [6.07, 6.45) is -3.58. The highest BCUT2D eigenvalue weighted by Gasteiger charge is 2.37. The van der Waals surface area contributed by atoms with Crippen LogP contribution < -0.4 is 9.47 Å². The van der Waals surface area contributed by atoms with E-state index in [4.69, 9.17) is 14.2 Å². The summed E-state index contributed by atoms with van der Waals surface area (Å²) in [5, 5.41) is 9.19. The lowest BCUT2D eigenvalue weighted by Gasteiger charge is -2.20. The smallest absolute Gasteiger partial charge is 0.416 e. The van der Waals surface area contributed by atoms with Gasteiger partial charge in [-0.15, -0.1) is 0 Å². The number of esters is 1. The van der Waals surface area contributed by atoms with Gasteiger partial charge in [-0.25, -0.2) is 0 Å². The summed E-state index contributed by atoms with van der Waals surface area (Å²) in [5.41, 5.74) is 2.93. The molecule has 2 unspecified atom stereocenters. The van der Waals surface area contributed by atoms with E-state index in [-0.39, 0.29) is 30.3 Å². The number of nitrogens with zero attached hydrogens (tertiary/aromatic N) is 1. The maximum atomic E-state index is 13.9. The summed E-state index contributed by atoms with van der Waals surface area (Å²) in [7, 11) is 1.35. The fraction of sp³-hybridized carbons (Fsp3) is 0.310. The molecule has 0 aromatic heterocycles. The van der Waals surface area contributed by atoms with Gasteiger partial charge in [-0.3, -0.25) is 4.79 Å². The number of ether oxygens (including phenoxy) is 3. The Bertz CT molecular complexity index is 1390. The number of hydrogen-bond acceptors (Lipinski definition) is 5. The normalized spacial score (nSPS) is 17.9. The molecule has 3 aromatic rings. The van der Waals surface area contributed by atoms with E-state index in [1.807, 2.05) is 12.1 Å². The molecule has 0 spiro atoms. The standard InChI is InChI=1S/C29H24F3NO4/c1-35-28(34)13-19-16-36-27-14-20(5-6-21(19)27)37-26-10-8-22-23(26)7-9-25(29(30,31)32)24(22)12-17-3-2-4-18(11-17)15-33/h2-7,9,11,14,19,26H,8,10,12-13,16H2,1H3. The van der Waals surface area contributed by atoms with E-state index >= 15 is 0 Å². The highest BCUT2D eigenvalue weighted by Crippen LogP contribution is 2.44. The molecular formula is C29H24F3NO4. The van der Waals surface area contributed by atoms with Crippen LogP contribution in [0.5, 0.6) is 11.5 Å². The van der Waals surface area contributed by atoms with Crippen LogP contribution >= 0.6 is 0 Å². The minimum Gasteiger partial charge on any atom is -0.492 e. The molecule has 8 heteroatoms. The predicted octanol–water partition coefficient (Wildman–Crippen LogP) is 6.27. The van der Waals surface area contributed by atoms with Gasteiger partial charge in [-0.05, 0) is 65.8 Å². The molecule has 3 aromatic carbocycles. The Morgan fingerprint density at radius 3 is 2.70 bits per heavy atom. The molecule has 1 aliphatic heterocycles. The van der Waals surface area contributed by atoms with Crippen molar-refractivity contribution in [3.05, 3.63) is 93.5 Å². The predicted molar refractivity (Wildman–Crippen MR) is 128 cm³/mol. The molecule has 190 valence electrons. The quantitative estimate of drug-likeness (QED) is 0.368. The van der Waals surface area contributed by atoms with Gasteiger partial charge in [0.15, 0.2) is 0 Å². The topological polar surface area (TPSA) is 68.6 Å². The Morgan fingerprint density at radius 2 is 1.95 bits per heavy atom. The first-order valence-electron chi connectivity index (χ1n) is 12.0. The van der Waals surface area contributed by atoms with E-state index < -0.39 is 17.8 Å². The Morgan fingerprint density at radius 1 is 1.14 bits per heavy atom. The first-order chi connectivity index (χ1) is 17.8. The highest BCUT2D eigenvalue weighted by molar-refractivity contribution is 5.71. The summed E-state index contributed by atoms with van der Waals surface area (Å²) in [4.78, 5) is 11.7. The molecule has 0 amide bonds. The number of carbonyl (C=O) groups is 1. The molecule has 2 aliphatic rings. The first kappa shape index (κ1) is 24.7. The van der Waals surface area contributed by atoms with Gasteiger partial charge in [0, 0.05) is 17.5 Å². The van der Waals surface area contributed by atoms with Crippen LogP contribution in [0.25, 0.3) is 0 Å². The lowest BCUT2D eigenvalue weighted by Crippen LogP contribution is -2.13. The molecule has 0 saturated heterocycles. The molecule has 2 atom stereocenters. The van der Waals surface area contributed by atoms with Crippen LogP contribution in [0.3, 0.4) is 0 Å². The van der Waals surface area contributed by atoms with Crippen LogP contribution in [0.1, 0.15) is 63.8 Å². The van der Waals surface area contributed by atoms with Crippen LogP contribution in [0.15, 0.2) is 54.6 Å². The number of methoxy groups -OCH3 is 1. The zero-order chi connectivity index (χ0) is 26.2. The fourth-order valence-electron chi connectivity index (χ4n) is 5.23. The maximum Gasteiger partial charge on any atom is 0.416 e. The lowest BCUT2D eigenvalue weighted by molar-refractivity contribution is -0.141. The average molecular weight is 508 g/mol. The van der Waals surface area contributed by atoms with Gasteiger partial charge in [0.2, 0.25) is 0 Å². The summed E-state index contributed by atoms with van der Waals surface area (Å²) in [6.45, 7) is 0.372. The van der Waals surface area contributed by atoms with Crippen molar-refractivity contribution in [1.82, 2.24) is 0 Å². The Balaban J connectivity index is 1.42. The Kier molecular flexibility index (Phi) is 6.55. The van der Waals surface area contributed by atoms with Crippen LogP contribution in [-0.4, -0.2) is 19.7 Å². The molecule has 37 heavy (non-hydrogen) atoms. The molecule has 5 rings (SSSR count). The Hall–Kier alpha value is -3.99. The number of alkyl halides is 3. The number of benzene rings is 3. The van der Waals surface area contributed by atoms with Crippen molar-refractivity contribution < 1.29 is 32.2 Å². The lowest BCUT2D eigenvalue weighted by atomic mass is 9.91. The molecule has 5 nitrogen and oxygen atoms in total. The number of rotatable bonds is 6. The van der Waals surface area contributed by atoms with Crippen molar-refractivity contribution in [3.63, 3.8) is 0 Å². The molecular weight excluding hydrogens is 483 g/mol. The maximum absolute atomic E-state index is 13.9. The number of nitriles is 1. The monoisotopic (exact) mass is 507 g/mol. The number of halogens is 3. The van der Waals surface area contributed by atoms with Crippen molar-refractivity contribution in [2.45, 2.75) is 43.9 Å². The van der Waals surface area contributed by atoms with Gasteiger partial charge >= 0.3 is 12.1 Å². The first-order valence-corrected chi connectivity index (χ1v) is 12.0. The molecule has 1 aliphatic carbocycles. The number of carbonyl (C=O) groups excluding carboxylic acids is 1. The Labute approximate surface area is 212 Å². The minimum atomic E-state index is -4.49. The van der Waals surface area contributed by atoms with E-state index in [0.29, 0.717) is 47.6 Å². The van der Waals surface area contributed by atoms with Crippen LogP contribution in [0.4, 0.5) is 13.2 Å². The summed E-state index contributed by atoms with van der Waals surface area (Å²) >= 11 is 0. The van der Waals surface area contributed by atoms with Gasteiger partial charge < -0.3 is 14.2 Å². The van der Waals surface area contributed by atoms with Crippen molar-refractivity contribution in [3.8, 4) is 17.6 Å². The summed E-state index contributed by atoms with van der Waals surface area (Å²) < 4.78 is 58.6. The second kappa shape index (κ2) is 9.81. The van der Waals surface area contributed by atoms with Crippen LogP contribution in [-0.2, 0) is 28.5 Å². The summed E-state index contributed by atoms with van der Waals surface area (Å²) in [6, 6.07) is 16.8. The number of fused-ring (bicyclic) bond motifs is 2. The molecule has 0 saturated carbocycles. The van der Waals surface area contributed by atoms with Crippen molar-refractivity contribution in [2.75, 3.05) is 13.7 Å². The SMILES string of the molecule is COC(=O)CC1COc2cc(OC3CCc4c3ccc(C(F)(F)F)c4Cc3cccc(C#N)c3)ccc21. The van der Waals surface area contributed by atoms with E-state index in [1.54, 1.807) is 36.4 Å². The molecule has 0 N–H and O–H groups in total. The van der Waals surface area contributed by atoms with Crippen molar-refractivity contribution in [2.24, 2.45) is 0 Å². The van der Waals surface area contributed by atoms with Gasteiger partial charge in [0.1, 0.15) is 17.6 Å². The second-order valence-electron chi connectivity index (χ2n) is 9.28. The average Bonchev–Trinajstić information content (AvgIpc) is 3.47. The minimum absolute atomic E-state index is 0.0779. The highest BCUT2D eigenvalue weighted by atomic mass is 19.4. The molecule has 0 radical (unpaired) electrons.